The Bertz CT molecular complexity index is 4850. The van der Waals surface area contributed by atoms with Crippen molar-refractivity contribution in [1.29, 1.82) is 0 Å². The summed E-state index contributed by atoms with van der Waals surface area (Å²) in [4.78, 5) is 0. The third-order valence-electron chi connectivity index (χ3n) is 16.5. The molecule has 16 rings (SSSR count). The summed E-state index contributed by atoms with van der Waals surface area (Å²) in [6.07, 6.45) is 0. The third-order valence-corrected chi connectivity index (χ3v) is 21.3. The molecule has 360 valence electrons. The van der Waals surface area contributed by atoms with E-state index in [9.17, 15) is 0 Å². The van der Waals surface area contributed by atoms with E-state index in [4.69, 9.17) is 0 Å². The third kappa shape index (κ3) is 6.32. The highest BCUT2D eigenvalue weighted by molar-refractivity contribution is 7.19. The highest BCUT2D eigenvalue weighted by Crippen LogP contribution is 2.43. The van der Waals surface area contributed by atoms with Crippen LogP contribution in [0.5, 0.6) is 0 Å². The zero-order valence-corrected chi connectivity index (χ0v) is 43.0. The predicted molar refractivity (Wildman–Crippen MR) is 327 cm³/mol. The van der Waals surface area contributed by atoms with Crippen molar-refractivity contribution in [3.63, 3.8) is 0 Å². The molecule has 0 unspecified atom stereocenters. The molecule has 16 aromatic rings. The van der Waals surface area contributed by atoms with Gasteiger partial charge in [0.2, 0.25) is 0 Å². The van der Waals surface area contributed by atoms with E-state index in [1.54, 1.807) is 0 Å². The Kier molecular flexibility index (Phi) is 9.62. The average molecular weight is 997 g/mol. The van der Waals surface area contributed by atoms with Gasteiger partial charge in [-0.3, -0.25) is 0 Å². The van der Waals surface area contributed by atoms with E-state index in [1.807, 2.05) is 0 Å². The maximum absolute atomic E-state index is 2.69. The van der Waals surface area contributed by atoms with Crippen molar-refractivity contribution in [3.05, 3.63) is 291 Å². The molecule has 12 aromatic carbocycles. The second-order valence-electron chi connectivity index (χ2n) is 20.4. The molecular weight excluding hydrogens is 949 g/mol. The lowest BCUT2D eigenvalue weighted by atomic mass is 10.1. The van der Waals surface area contributed by atoms with Gasteiger partial charge in [-0.2, -0.15) is 0 Å². The van der Waals surface area contributed by atoms with Crippen molar-refractivity contribution in [2.24, 2.45) is 0 Å². The molecule has 0 spiro atoms. The van der Waals surface area contributed by atoms with Crippen LogP contribution in [0.25, 0.3) is 110 Å². The van der Waals surface area contributed by atoms with Crippen molar-refractivity contribution in [2.75, 3.05) is 0 Å². The Hall–Kier alpha value is -9.94. The molecule has 0 bridgehead atoms. The van der Waals surface area contributed by atoms with Gasteiger partial charge in [0.1, 0.15) is 0 Å². The summed E-state index contributed by atoms with van der Waals surface area (Å²) in [7, 11) is -2.69. The molecule has 0 aliphatic rings. The fraction of sp³-hybridized carbons (Fsp3) is 0. The zero-order chi connectivity index (χ0) is 50.6. The molecule has 0 N–H and O–H groups in total. The lowest BCUT2D eigenvalue weighted by Crippen LogP contribution is -2.74. The van der Waals surface area contributed by atoms with Crippen LogP contribution in [0, 0.1) is 0 Å². The largest absolute Gasteiger partial charge is 0.309 e. The van der Waals surface area contributed by atoms with Crippen molar-refractivity contribution >= 4 is 116 Å². The summed E-state index contributed by atoms with van der Waals surface area (Å²) < 4.78 is 9.89. The molecule has 0 aliphatic carbocycles. The van der Waals surface area contributed by atoms with Gasteiger partial charge in [-0.15, -0.1) is 0 Å². The lowest BCUT2D eigenvalue weighted by Gasteiger charge is -2.34. The number of fused-ring (bicyclic) bond motifs is 13. The molecule has 4 aromatic heterocycles. The van der Waals surface area contributed by atoms with Gasteiger partial charge in [0.05, 0.1) is 44.1 Å². The summed E-state index contributed by atoms with van der Waals surface area (Å²) in [6.45, 7) is 0. The number of hydrogen-bond donors (Lipinski definition) is 0. The molecule has 0 radical (unpaired) electrons. The van der Waals surface area contributed by atoms with Gasteiger partial charge in [-0.1, -0.05) is 206 Å². The SMILES string of the molecule is c1ccc(-n2c3ccccc3c3ccc4c5ccccc5n(-c5ccc6c(c5)c5ccccc5n6-c5ccc6c(c5)c5ccccc5n6-c5ccc([Si](c6ccccc6)(c6ccccc6)c6ccccc6)cc5)c4c32)cc1. The highest BCUT2D eigenvalue weighted by Gasteiger charge is 2.41. The summed E-state index contributed by atoms with van der Waals surface area (Å²) in [5.74, 6) is 0. The molecule has 0 amide bonds. The molecule has 4 heterocycles. The van der Waals surface area contributed by atoms with Gasteiger partial charge >= 0.3 is 0 Å². The van der Waals surface area contributed by atoms with Crippen LogP contribution in [0.3, 0.4) is 0 Å². The minimum absolute atomic E-state index is 1.13. The monoisotopic (exact) mass is 996 g/mol. The normalized spacial score (nSPS) is 12.2. The van der Waals surface area contributed by atoms with Crippen LogP contribution in [0.4, 0.5) is 0 Å². The zero-order valence-electron chi connectivity index (χ0n) is 42.0. The Balaban J connectivity index is 0.873. The van der Waals surface area contributed by atoms with Crippen molar-refractivity contribution in [3.8, 4) is 22.7 Å². The molecule has 0 saturated heterocycles. The summed E-state index contributed by atoms with van der Waals surface area (Å²) in [5.41, 5.74) is 14.0. The van der Waals surface area contributed by atoms with Crippen LogP contribution in [0.1, 0.15) is 0 Å². The minimum Gasteiger partial charge on any atom is -0.309 e. The van der Waals surface area contributed by atoms with Crippen LogP contribution in [-0.2, 0) is 0 Å². The first-order chi connectivity index (χ1) is 38.2. The van der Waals surface area contributed by atoms with E-state index in [1.165, 1.54) is 108 Å². The van der Waals surface area contributed by atoms with E-state index in [0.29, 0.717) is 0 Å². The number of aromatic nitrogens is 4. The first kappa shape index (κ1) is 43.5. The maximum atomic E-state index is 2.51. The van der Waals surface area contributed by atoms with Crippen LogP contribution in [0.15, 0.2) is 291 Å². The van der Waals surface area contributed by atoms with Crippen LogP contribution < -0.4 is 20.7 Å². The highest BCUT2D eigenvalue weighted by atomic mass is 28.3. The van der Waals surface area contributed by atoms with Crippen molar-refractivity contribution in [1.82, 2.24) is 18.3 Å². The minimum atomic E-state index is -2.69. The molecule has 5 heteroatoms. The topological polar surface area (TPSA) is 19.7 Å². The molecule has 77 heavy (non-hydrogen) atoms. The first-order valence-electron chi connectivity index (χ1n) is 26.6. The van der Waals surface area contributed by atoms with Crippen molar-refractivity contribution < 1.29 is 0 Å². The number of para-hydroxylation sites is 5. The molecule has 0 aliphatic heterocycles. The molecular formula is C72H48N4Si. The molecule has 0 saturated carbocycles. The Morgan fingerprint density at radius 3 is 0.909 bits per heavy atom. The van der Waals surface area contributed by atoms with Gasteiger partial charge in [-0.05, 0) is 106 Å². The molecule has 0 atom stereocenters. The Labute approximate surface area is 445 Å². The smallest absolute Gasteiger partial charge is 0.179 e. The Morgan fingerprint density at radius 1 is 0.182 bits per heavy atom. The van der Waals surface area contributed by atoms with Crippen LogP contribution in [0.2, 0.25) is 0 Å². The van der Waals surface area contributed by atoms with E-state index >= 15 is 0 Å². The van der Waals surface area contributed by atoms with Gasteiger partial charge in [0, 0.05) is 65.8 Å². The Morgan fingerprint density at radius 2 is 0.468 bits per heavy atom. The number of nitrogens with zero attached hydrogens (tertiary/aromatic N) is 4. The van der Waals surface area contributed by atoms with Gasteiger partial charge < -0.3 is 18.3 Å². The standard InChI is InChI=1S/C72H48N4Si/c1-5-21-49(22-6-1)75-67-35-19-13-29-57(67)61-43-44-62-58-30-14-20-36-68(58)76(72(62)71(61)75)52-40-46-70-64(48-52)60-32-16-18-34-66(60)74(70)51-39-45-69-63(47-51)59-31-15-17-33-65(59)73(69)50-37-41-56(42-38-50)77(53-23-7-2-8-24-53,54-25-9-3-10-26-54)55-27-11-4-12-28-55/h1-48H. The molecule has 0 fully saturated rings. The summed E-state index contributed by atoms with van der Waals surface area (Å²) >= 11 is 0. The number of rotatable bonds is 8. The van der Waals surface area contributed by atoms with E-state index < -0.39 is 8.07 Å². The van der Waals surface area contributed by atoms with E-state index in [2.05, 4.69) is 309 Å². The fourth-order valence-electron chi connectivity index (χ4n) is 13.3. The average Bonchev–Trinajstić information content (AvgIpc) is 4.41. The summed E-state index contributed by atoms with van der Waals surface area (Å²) in [5, 5.41) is 15.3. The first-order valence-corrected chi connectivity index (χ1v) is 28.6. The van der Waals surface area contributed by atoms with Crippen molar-refractivity contribution in [2.45, 2.75) is 0 Å². The van der Waals surface area contributed by atoms with Gasteiger partial charge in [0.25, 0.3) is 0 Å². The fourth-order valence-corrected chi connectivity index (χ4v) is 18.0. The number of benzene rings is 12. The molecule has 4 nitrogen and oxygen atoms in total. The summed E-state index contributed by atoms with van der Waals surface area (Å²) in [6, 6.07) is 108. The van der Waals surface area contributed by atoms with E-state index in [0.717, 1.165) is 22.7 Å². The van der Waals surface area contributed by atoms with E-state index in [-0.39, 0.29) is 0 Å². The maximum Gasteiger partial charge on any atom is 0.179 e. The van der Waals surface area contributed by atoms with Gasteiger partial charge in [-0.25, -0.2) is 0 Å². The second kappa shape index (κ2) is 17.0. The van der Waals surface area contributed by atoms with Gasteiger partial charge in [0.15, 0.2) is 8.07 Å². The quantitative estimate of drug-likeness (QED) is 0.107. The predicted octanol–water partition coefficient (Wildman–Crippen LogP) is 15.5. The second-order valence-corrected chi connectivity index (χ2v) is 24.2. The van der Waals surface area contributed by atoms with Crippen LogP contribution >= 0.6 is 0 Å². The van der Waals surface area contributed by atoms with Crippen LogP contribution in [-0.4, -0.2) is 26.3 Å². The number of hydrogen-bond acceptors (Lipinski definition) is 0. The lowest BCUT2D eigenvalue weighted by molar-refractivity contribution is 1.15.